The van der Waals surface area contributed by atoms with Crippen molar-refractivity contribution in [3.05, 3.63) is 24.0 Å². The van der Waals surface area contributed by atoms with Crippen molar-refractivity contribution in [1.29, 1.82) is 0 Å². The summed E-state index contributed by atoms with van der Waals surface area (Å²) in [6, 6.07) is 1.95. The van der Waals surface area contributed by atoms with Gasteiger partial charge in [-0.3, -0.25) is 4.68 Å². The molecule has 15 heavy (non-hydrogen) atoms. The molecule has 1 aliphatic rings. The second kappa shape index (κ2) is 3.76. The monoisotopic (exact) mass is 207 g/mol. The van der Waals surface area contributed by atoms with Gasteiger partial charge in [0.15, 0.2) is 0 Å². The Bertz CT molecular complexity index is 409. The van der Waals surface area contributed by atoms with E-state index in [0.717, 1.165) is 17.7 Å². The molecule has 0 aliphatic carbocycles. The van der Waals surface area contributed by atoms with E-state index in [1.165, 1.54) is 4.90 Å². The zero-order chi connectivity index (χ0) is 10.8. The topological polar surface area (TPSA) is 58.4 Å². The Kier molecular flexibility index (Phi) is 2.45. The van der Waals surface area contributed by atoms with Crippen LogP contribution >= 0.6 is 0 Å². The van der Waals surface area contributed by atoms with Gasteiger partial charge < -0.3 is 10.0 Å². The van der Waals surface area contributed by atoms with Crippen LogP contribution in [-0.2, 0) is 7.05 Å². The second-order valence-electron chi connectivity index (χ2n) is 3.58. The number of amides is 1. The van der Waals surface area contributed by atoms with E-state index in [1.807, 2.05) is 25.4 Å². The van der Waals surface area contributed by atoms with E-state index in [2.05, 4.69) is 5.10 Å². The van der Waals surface area contributed by atoms with Gasteiger partial charge in [-0.15, -0.1) is 0 Å². The highest BCUT2D eigenvalue weighted by atomic mass is 16.4. The van der Waals surface area contributed by atoms with Gasteiger partial charge in [0.2, 0.25) is 0 Å². The zero-order valence-electron chi connectivity index (χ0n) is 8.55. The summed E-state index contributed by atoms with van der Waals surface area (Å²) in [5.74, 6) is 0. The first-order valence-corrected chi connectivity index (χ1v) is 4.84. The summed E-state index contributed by atoms with van der Waals surface area (Å²) in [5.41, 5.74) is 2.08. The van der Waals surface area contributed by atoms with Crippen molar-refractivity contribution in [3.63, 3.8) is 0 Å². The molecule has 0 aromatic carbocycles. The van der Waals surface area contributed by atoms with Gasteiger partial charge >= 0.3 is 6.09 Å². The Hall–Kier alpha value is -1.78. The van der Waals surface area contributed by atoms with E-state index in [4.69, 9.17) is 5.11 Å². The zero-order valence-corrected chi connectivity index (χ0v) is 8.55. The molecule has 2 rings (SSSR count). The van der Waals surface area contributed by atoms with Crippen LogP contribution in [0.3, 0.4) is 0 Å². The third kappa shape index (κ3) is 2.01. The average molecular weight is 207 g/mol. The van der Waals surface area contributed by atoms with E-state index in [9.17, 15) is 4.79 Å². The molecule has 1 N–H and O–H groups in total. The lowest BCUT2D eigenvalue weighted by atomic mass is 10.1. The molecule has 0 bridgehead atoms. The maximum absolute atomic E-state index is 10.7. The Labute approximate surface area is 87.6 Å². The third-order valence-corrected chi connectivity index (χ3v) is 2.52. The maximum Gasteiger partial charge on any atom is 0.407 e. The van der Waals surface area contributed by atoms with Crippen LogP contribution in [0.5, 0.6) is 0 Å². The summed E-state index contributed by atoms with van der Waals surface area (Å²) in [4.78, 5) is 12.1. The van der Waals surface area contributed by atoms with Crippen molar-refractivity contribution in [2.45, 2.75) is 6.42 Å². The van der Waals surface area contributed by atoms with Gasteiger partial charge in [0, 0.05) is 26.3 Å². The second-order valence-corrected chi connectivity index (χ2v) is 3.58. The lowest BCUT2D eigenvalue weighted by molar-refractivity contribution is 0.150. The van der Waals surface area contributed by atoms with Gasteiger partial charge in [-0.1, -0.05) is 6.08 Å². The minimum Gasteiger partial charge on any atom is -0.465 e. The Morgan fingerprint density at radius 2 is 2.40 bits per heavy atom. The molecule has 0 spiro atoms. The molecular weight excluding hydrogens is 194 g/mol. The predicted octanol–water partition coefficient (Wildman–Crippen LogP) is 1.19. The number of carbonyl (C=O) groups is 1. The summed E-state index contributed by atoms with van der Waals surface area (Å²) in [7, 11) is 1.87. The fourth-order valence-corrected chi connectivity index (χ4v) is 1.66. The fraction of sp³-hybridized carbons (Fsp3) is 0.400. The van der Waals surface area contributed by atoms with Crippen molar-refractivity contribution < 1.29 is 9.90 Å². The van der Waals surface area contributed by atoms with Gasteiger partial charge in [-0.05, 0) is 18.1 Å². The van der Waals surface area contributed by atoms with E-state index in [-0.39, 0.29) is 0 Å². The molecular formula is C10H13N3O2. The normalized spacial score (nSPS) is 16.3. The highest BCUT2D eigenvalue weighted by molar-refractivity contribution is 5.69. The number of rotatable bonds is 1. The fourth-order valence-electron chi connectivity index (χ4n) is 1.66. The summed E-state index contributed by atoms with van der Waals surface area (Å²) in [5, 5.41) is 13.1. The predicted molar refractivity (Wildman–Crippen MR) is 55.4 cm³/mol. The first-order valence-electron chi connectivity index (χ1n) is 4.84. The highest BCUT2D eigenvalue weighted by Gasteiger charge is 2.17. The molecule has 5 nitrogen and oxygen atoms in total. The molecule has 1 aliphatic heterocycles. The maximum atomic E-state index is 10.7. The van der Waals surface area contributed by atoms with Crippen molar-refractivity contribution >= 4 is 11.7 Å². The Morgan fingerprint density at radius 1 is 1.60 bits per heavy atom. The van der Waals surface area contributed by atoms with Crippen LogP contribution < -0.4 is 0 Å². The molecule has 0 saturated heterocycles. The number of aryl methyl sites for hydroxylation is 1. The molecule has 1 aromatic heterocycles. The summed E-state index contributed by atoms with van der Waals surface area (Å²) in [6.07, 6.45) is 3.70. The molecule has 1 amide bonds. The number of nitrogens with zero attached hydrogens (tertiary/aromatic N) is 3. The third-order valence-electron chi connectivity index (χ3n) is 2.52. The highest BCUT2D eigenvalue weighted by Crippen LogP contribution is 2.20. The number of hydrogen-bond donors (Lipinski definition) is 1. The SMILES string of the molecule is Cn1ccc(C2=CCN(C(=O)O)CC2)n1. The molecule has 0 saturated carbocycles. The molecule has 2 heterocycles. The first-order chi connectivity index (χ1) is 7.16. The molecule has 1 aromatic rings. The number of hydrogen-bond acceptors (Lipinski definition) is 2. The van der Waals surface area contributed by atoms with Crippen molar-refractivity contribution in [2.75, 3.05) is 13.1 Å². The van der Waals surface area contributed by atoms with Crippen LogP contribution in [0.15, 0.2) is 18.3 Å². The molecule has 0 unspecified atom stereocenters. The van der Waals surface area contributed by atoms with Crippen molar-refractivity contribution in [1.82, 2.24) is 14.7 Å². The van der Waals surface area contributed by atoms with Gasteiger partial charge in [0.1, 0.15) is 0 Å². The molecule has 0 fully saturated rings. The number of carboxylic acid groups (broad SMARTS) is 1. The molecule has 5 heteroatoms. The minimum atomic E-state index is -0.855. The van der Waals surface area contributed by atoms with Gasteiger partial charge in [0.05, 0.1) is 5.69 Å². The summed E-state index contributed by atoms with van der Waals surface area (Å²) >= 11 is 0. The Balaban J connectivity index is 2.11. The smallest absolute Gasteiger partial charge is 0.407 e. The van der Waals surface area contributed by atoms with Crippen molar-refractivity contribution in [3.8, 4) is 0 Å². The van der Waals surface area contributed by atoms with Crippen LogP contribution in [0, 0.1) is 0 Å². The van der Waals surface area contributed by atoms with Crippen LogP contribution in [0.25, 0.3) is 5.57 Å². The Morgan fingerprint density at radius 3 is 2.87 bits per heavy atom. The van der Waals surface area contributed by atoms with Gasteiger partial charge in [-0.25, -0.2) is 4.79 Å². The van der Waals surface area contributed by atoms with Crippen LogP contribution in [0.2, 0.25) is 0 Å². The molecule has 0 radical (unpaired) electrons. The first kappa shape index (κ1) is 9.76. The lowest BCUT2D eigenvalue weighted by Crippen LogP contribution is -2.33. The van der Waals surface area contributed by atoms with Crippen LogP contribution in [-0.4, -0.2) is 39.0 Å². The lowest BCUT2D eigenvalue weighted by Gasteiger charge is -2.22. The molecule has 0 atom stereocenters. The minimum absolute atomic E-state index is 0.460. The summed E-state index contributed by atoms with van der Waals surface area (Å²) in [6.45, 7) is 1.01. The van der Waals surface area contributed by atoms with Crippen LogP contribution in [0.1, 0.15) is 12.1 Å². The molecule has 80 valence electrons. The van der Waals surface area contributed by atoms with E-state index >= 15 is 0 Å². The van der Waals surface area contributed by atoms with Crippen LogP contribution in [0.4, 0.5) is 4.79 Å². The largest absolute Gasteiger partial charge is 0.465 e. The van der Waals surface area contributed by atoms with E-state index in [0.29, 0.717) is 13.1 Å². The standard InChI is InChI=1S/C10H13N3O2/c1-12-5-4-9(11-12)8-2-6-13(7-3-8)10(14)15/h2,4-5H,3,6-7H2,1H3,(H,14,15). The average Bonchev–Trinajstić information content (AvgIpc) is 2.65. The quantitative estimate of drug-likeness (QED) is 0.752. The number of aromatic nitrogens is 2. The van der Waals surface area contributed by atoms with E-state index in [1.54, 1.807) is 4.68 Å². The summed E-state index contributed by atoms with van der Waals surface area (Å²) < 4.78 is 1.75. The van der Waals surface area contributed by atoms with Crippen molar-refractivity contribution in [2.24, 2.45) is 7.05 Å². The van der Waals surface area contributed by atoms with Gasteiger partial charge in [0.25, 0.3) is 0 Å². The van der Waals surface area contributed by atoms with Gasteiger partial charge in [-0.2, -0.15) is 5.10 Å². The van der Waals surface area contributed by atoms with E-state index < -0.39 is 6.09 Å².